The fourth-order valence-corrected chi connectivity index (χ4v) is 2.86. The van der Waals surface area contributed by atoms with E-state index in [4.69, 9.17) is 8.83 Å². The lowest BCUT2D eigenvalue weighted by Gasteiger charge is -1.87. The Morgan fingerprint density at radius 1 is 1.11 bits per heavy atom. The highest BCUT2D eigenvalue weighted by Gasteiger charge is 2.36. The number of fused-ring (bicyclic) bond motifs is 7. The highest BCUT2D eigenvalue weighted by molar-refractivity contribution is 5.99. The van der Waals surface area contributed by atoms with Crippen molar-refractivity contribution >= 4 is 22.3 Å². The van der Waals surface area contributed by atoms with Crippen LogP contribution in [0.3, 0.4) is 0 Å². The second kappa shape index (κ2) is 3.03. The number of benzene rings is 1. The van der Waals surface area contributed by atoms with E-state index in [1.165, 1.54) is 5.56 Å². The first-order valence-corrected chi connectivity index (χ1v) is 6.19. The largest absolute Gasteiger partial charge is 0.420 e. The molecule has 4 heterocycles. The molecule has 0 saturated heterocycles. The molecule has 4 heteroatoms. The molecule has 90 valence electrons. The van der Waals surface area contributed by atoms with Crippen LogP contribution < -0.4 is 4.57 Å². The number of hydrogen-bond donors (Lipinski definition) is 0. The van der Waals surface area contributed by atoms with Crippen LogP contribution >= 0.6 is 0 Å². The Bertz CT molecular complexity index is 949. The molecular formula is C15H9N2O2+. The SMILES string of the molecule is c1ccc2c(c1)oc1oc3[n+](c12)Cc1cnccc1-3. The van der Waals surface area contributed by atoms with Gasteiger partial charge in [0.05, 0.1) is 16.5 Å². The molecule has 0 bridgehead atoms. The average molecular weight is 249 g/mol. The molecule has 0 unspecified atom stereocenters. The summed E-state index contributed by atoms with van der Waals surface area (Å²) in [6.07, 6.45) is 3.68. The molecule has 19 heavy (non-hydrogen) atoms. The monoisotopic (exact) mass is 249 g/mol. The van der Waals surface area contributed by atoms with Crippen LogP contribution in [0.5, 0.6) is 0 Å². The van der Waals surface area contributed by atoms with Crippen molar-refractivity contribution in [1.82, 2.24) is 4.98 Å². The summed E-state index contributed by atoms with van der Waals surface area (Å²) in [5, 5.41) is 1.09. The van der Waals surface area contributed by atoms with E-state index in [-0.39, 0.29) is 0 Å². The molecule has 0 amide bonds. The highest BCUT2D eigenvalue weighted by Crippen LogP contribution is 2.34. The van der Waals surface area contributed by atoms with E-state index in [1.807, 2.05) is 30.5 Å². The third kappa shape index (κ3) is 1.04. The first kappa shape index (κ1) is 9.33. The lowest BCUT2D eigenvalue weighted by molar-refractivity contribution is -0.648. The van der Waals surface area contributed by atoms with E-state index in [2.05, 4.69) is 15.6 Å². The van der Waals surface area contributed by atoms with Gasteiger partial charge in [-0.1, -0.05) is 12.1 Å². The fraction of sp³-hybridized carbons (Fsp3) is 0.0667. The summed E-state index contributed by atoms with van der Waals surface area (Å²) >= 11 is 0. The summed E-state index contributed by atoms with van der Waals surface area (Å²) in [6.45, 7) is 0.787. The van der Waals surface area contributed by atoms with Crippen molar-refractivity contribution in [2.45, 2.75) is 6.54 Å². The van der Waals surface area contributed by atoms with Crippen LogP contribution in [0.2, 0.25) is 0 Å². The Morgan fingerprint density at radius 2 is 2.05 bits per heavy atom. The zero-order chi connectivity index (χ0) is 12.4. The molecule has 0 N–H and O–H groups in total. The van der Waals surface area contributed by atoms with Gasteiger partial charge >= 0.3 is 17.2 Å². The molecule has 1 aliphatic heterocycles. The van der Waals surface area contributed by atoms with Crippen molar-refractivity contribution in [3.05, 3.63) is 48.3 Å². The van der Waals surface area contributed by atoms with Gasteiger partial charge in [0.2, 0.25) is 0 Å². The molecule has 1 aliphatic rings. The minimum Gasteiger partial charge on any atom is -0.420 e. The predicted molar refractivity (Wildman–Crippen MR) is 68.5 cm³/mol. The number of furan rings is 1. The smallest absolute Gasteiger partial charge is 0.385 e. The van der Waals surface area contributed by atoms with Crippen molar-refractivity contribution in [2.24, 2.45) is 0 Å². The molecule has 5 rings (SSSR count). The van der Waals surface area contributed by atoms with Crippen molar-refractivity contribution < 1.29 is 13.4 Å². The molecular weight excluding hydrogens is 240 g/mol. The van der Waals surface area contributed by atoms with Gasteiger partial charge in [0.1, 0.15) is 5.58 Å². The molecule has 0 radical (unpaired) electrons. The normalized spacial score (nSPS) is 13.1. The minimum atomic E-state index is 0.596. The summed E-state index contributed by atoms with van der Waals surface area (Å²) in [4.78, 5) is 4.17. The first-order valence-electron chi connectivity index (χ1n) is 6.19. The Balaban J connectivity index is 1.94. The Morgan fingerprint density at radius 3 is 3.05 bits per heavy atom. The maximum Gasteiger partial charge on any atom is 0.385 e. The molecule has 0 fully saturated rings. The van der Waals surface area contributed by atoms with Crippen LogP contribution in [0.15, 0.2) is 51.6 Å². The molecule has 4 nitrogen and oxygen atoms in total. The quantitative estimate of drug-likeness (QED) is 0.396. The fourth-order valence-electron chi connectivity index (χ4n) is 2.86. The molecule has 0 spiro atoms. The molecule has 0 aliphatic carbocycles. The topological polar surface area (TPSA) is 43.0 Å². The highest BCUT2D eigenvalue weighted by atomic mass is 16.5. The van der Waals surface area contributed by atoms with E-state index in [1.54, 1.807) is 6.20 Å². The second-order valence-electron chi connectivity index (χ2n) is 4.76. The van der Waals surface area contributed by atoms with Gasteiger partial charge in [-0.25, -0.2) is 0 Å². The maximum absolute atomic E-state index is 5.89. The zero-order valence-electron chi connectivity index (χ0n) is 9.96. The van der Waals surface area contributed by atoms with Gasteiger partial charge < -0.3 is 8.83 Å². The van der Waals surface area contributed by atoms with E-state index < -0.39 is 0 Å². The third-order valence-electron chi connectivity index (χ3n) is 3.71. The van der Waals surface area contributed by atoms with Crippen LogP contribution in [0.25, 0.3) is 33.7 Å². The number of rotatable bonds is 0. The summed E-state index contributed by atoms with van der Waals surface area (Å²) < 4.78 is 13.8. The Hall–Kier alpha value is -2.62. The van der Waals surface area contributed by atoms with Gasteiger partial charge in [0.15, 0.2) is 6.54 Å². The van der Waals surface area contributed by atoms with Crippen LogP contribution in [0, 0.1) is 0 Å². The maximum atomic E-state index is 5.89. The molecule has 4 aromatic rings. The van der Waals surface area contributed by atoms with Crippen LogP contribution in [0.4, 0.5) is 0 Å². The summed E-state index contributed by atoms with van der Waals surface area (Å²) in [5.74, 6) is 1.45. The van der Waals surface area contributed by atoms with Gasteiger partial charge in [-0.15, -0.1) is 4.57 Å². The van der Waals surface area contributed by atoms with E-state index in [0.717, 1.165) is 34.5 Å². The van der Waals surface area contributed by atoms with Crippen LogP contribution in [0.1, 0.15) is 5.56 Å². The molecule has 1 aromatic carbocycles. The molecule has 0 saturated carbocycles. The molecule has 0 atom stereocenters. The van der Waals surface area contributed by atoms with Crippen molar-refractivity contribution in [3.8, 4) is 11.5 Å². The number of aromatic nitrogens is 2. The third-order valence-corrected chi connectivity index (χ3v) is 3.71. The Kier molecular flexibility index (Phi) is 1.49. The standard InChI is InChI=1S/C15H9N2O2/c1-2-4-12-11(3-1)13-15(18-12)19-14-10-5-6-16-7-9(10)8-17(13)14/h1-7H,8H2/q+1. The number of para-hydroxylation sites is 1. The molecule has 3 aromatic heterocycles. The van der Waals surface area contributed by atoms with Gasteiger partial charge in [0.25, 0.3) is 0 Å². The van der Waals surface area contributed by atoms with Crippen LogP contribution in [-0.2, 0) is 6.54 Å². The number of nitrogens with zero attached hydrogens (tertiary/aromatic N) is 2. The van der Waals surface area contributed by atoms with Crippen molar-refractivity contribution in [1.29, 1.82) is 0 Å². The minimum absolute atomic E-state index is 0.596. The summed E-state index contributed by atoms with van der Waals surface area (Å²) in [5.41, 5.74) is 4.18. The van der Waals surface area contributed by atoms with E-state index >= 15 is 0 Å². The number of pyridine rings is 1. The number of hydrogen-bond acceptors (Lipinski definition) is 3. The van der Waals surface area contributed by atoms with Crippen molar-refractivity contribution in [3.63, 3.8) is 0 Å². The number of oxazole rings is 1. The van der Waals surface area contributed by atoms with Gasteiger partial charge in [-0.2, -0.15) is 0 Å². The van der Waals surface area contributed by atoms with Gasteiger partial charge in [0, 0.05) is 12.4 Å². The van der Waals surface area contributed by atoms with E-state index in [9.17, 15) is 0 Å². The average Bonchev–Trinajstić information content (AvgIpc) is 3.05. The van der Waals surface area contributed by atoms with Gasteiger partial charge in [-0.05, 0) is 18.2 Å². The van der Waals surface area contributed by atoms with Gasteiger partial charge in [-0.3, -0.25) is 4.98 Å². The lowest BCUT2D eigenvalue weighted by atomic mass is 10.2. The zero-order valence-corrected chi connectivity index (χ0v) is 9.96. The van der Waals surface area contributed by atoms with E-state index in [0.29, 0.717) is 5.78 Å². The lowest BCUT2D eigenvalue weighted by Crippen LogP contribution is -2.30. The summed E-state index contributed by atoms with van der Waals surface area (Å²) in [6, 6.07) is 9.99. The van der Waals surface area contributed by atoms with Crippen molar-refractivity contribution in [2.75, 3.05) is 0 Å². The first-order chi connectivity index (χ1) is 9.42. The van der Waals surface area contributed by atoms with Crippen LogP contribution in [-0.4, -0.2) is 4.98 Å². The second-order valence-corrected chi connectivity index (χ2v) is 4.76. The Labute approximate surface area is 107 Å². The summed E-state index contributed by atoms with van der Waals surface area (Å²) in [7, 11) is 0. The predicted octanol–water partition coefficient (Wildman–Crippen LogP) is 2.89.